The molecule has 1 aromatic carbocycles. The lowest BCUT2D eigenvalue weighted by Crippen LogP contribution is -2.49. The van der Waals surface area contributed by atoms with E-state index in [-0.39, 0.29) is 18.9 Å². The summed E-state index contributed by atoms with van der Waals surface area (Å²) < 4.78 is 43.1. The molecule has 0 spiro atoms. The number of carbonyl (C=O) groups is 2. The monoisotopic (exact) mass is 387 g/mol. The predicted molar refractivity (Wildman–Crippen MR) is 94.5 cm³/mol. The van der Waals surface area contributed by atoms with Crippen molar-refractivity contribution >= 4 is 17.5 Å². The lowest BCUT2D eigenvalue weighted by atomic mass is 10.1. The number of hydrogen-bond donors (Lipinski definition) is 1. The van der Waals surface area contributed by atoms with Crippen molar-refractivity contribution in [1.29, 1.82) is 0 Å². The maximum absolute atomic E-state index is 12.6. The van der Waals surface area contributed by atoms with E-state index in [0.717, 1.165) is 4.90 Å². The first-order valence-electron chi connectivity index (χ1n) is 8.74. The van der Waals surface area contributed by atoms with Crippen molar-refractivity contribution in [3.8, 4) is 5.75 Å². The minimum Gasteiger partial charge on any atom is -0.492 e. The van der Waals surface area contributed by atoms with Gasteiger partial charge in [-0.25, -0.2) is 0 Å². The Balaban J connectivity index is 2.02. The van der Waals surface area contributed by atoms with Gasteiger partial charge in [0.05, 0.1) is 24.4 Å². The second kappa shape index (κ2) is 8.60. The average molecular weight is 387 g/mol. The first kappa shape index (κ1) is 21.0. The molecule has 2 rings (SSSR count). The van der Waals surface area contributed by atoms with E-state index >= 15 is 0 Å². The molecule has 1 aliphatic heterocycles. The molecule has 0 saturated carbocycles. The highest BCUT2D eigenvalue weighted by atomic mass is 19.4. The zero-order valence-electron chi connectivity index (χ0n) is 15.5. The fourth-order valence-electron chi connectivity index (χ4n) is 3.02. The molecule has 2 atom stereocenters. The van der Waals surface area contributed by atoms with Gasteiger partial charge in [0, 0.05) is 6.54 Å². The van der Waals surface area contributed by atoms with Crippen LogP contribution in [0, 0.1) is 0 Å². The number of para-hydroxylation sites is 2. The average Bonchev–Trinajstić information content (AvgIpc) is 2.94. The molecule has 150 valence electrons. The van der Waals surface area contributed by atoms with Crippen LogP contribution in [0.2, 0.25) is 0 Å². The van der Waals surface area contributed by atoms with Crippen LogP contribution in [0.15, 0.2) is 24.3 Å². The second-order valence-corrected chi connectivity index (χ2v) is 6.44. The van der Waals surface area contributed by atoms with Gasteiger partial charge >= 0.3 is 6.18 Å². The van der Waals surface area contributed by atoms with Crippen LogP contribution in [-0.2, 0) is 9.59 Å². The summed E-state index contributed by atoms with van der Waals surface area (Å²) in [5, 5.41) is 2.75. The van der Waals surface area contributed by atoms with E-state index in [0.29, 0.717) is 18.0 Å². The summed E-state index contributed by atoms with van der Waals surface area (Å²) in [6, 6.07) is 5.49. The van der Waals surface area contributed by atoms with Gasteiger partial charge in [-0.3, -0.25) is 14.5 Å². The first-order chi connectivity index (χ1) is 12.6. The first-order valence-corrected chi connectivity index (χ1v) is 8.74. The summed E-state index contributed by atoms with van der Waals surface area (Å²) in [4.78, 5) is 27.2. The molecular formula is C18H24F3N3O3. The summed E-state index contributed by atoms with van der Waals surface area (Å²) in [6.45, 7) is 2.63. The summed E-state index contributed by atoms with van der Waals surface area (Å²) >= 11 is 0. The molecule has 9 heteroatoms. The number of hydrogen-bond acceptors (Lipinski definition) is 4. The summed E-state index contributed by atoms with van der Waals surface area (Å²) in [6.07, 6.45) is -4.19. The summed E-state index contributed by atoms with van der Waals surface area (Å²) in [7, 11) is 1.57. The minimum atomic E-state index is -4.44. The molecule has 6 nitrogen and oxygen atoms in total. The Morgan fingerprint density at radius 2 is 2.07 bits per heavy atom. The van der Waals surface area contributed by atoms with E-state index in [1.54, 1.807) is 38.2 Å². The number of rotatable bonds is 7. The number of halogens is 3. The van der Waals surface area contributed by atoms with Crippen LogP contribution in [0.5, 0.6) is 5.75 Å². The molecule has 0 radical (unpaired) electrons. The number of carbonyl (C=O) groups excluding carboxylic acids is 2. The minimum absolute atomic E-state index is 0.0227. The number of nitrogens with one attached hydrogen (secondary N) is 1. The number of ether oxygens (including phenoxy) is 1. The molecule has 1 aliphatic rings. The van der Waals surface area contributed by atoms with Crippen molar-refractivity contribution in [1.82, 2.24) is 9.80 Å². The largest absolute Gasteiger partial charge is 0.492 e. The highest BCUT2D eigenvalue weighted by Gasteiger charge is 2.42. The van der Waals surface area contributed by atoms with E-state index in [4.69, 9.17) is 4.74 Å². The Hall–Kier alpha value is -2.29. The summed E-state index contributed by atoms with van der Waals surface area (Å²) in [5.41, 5.74) is 0.501. The third-order valence-corrected chi connectivity index (χ3v) is 4.57. The van der Waals surface area contributed by atoms with Crippen LogP contribution >= 0.6 is 0 Å². The lowest BCUT2D eigenvalue weighted by molar-refractivity contribution is -0.159. The maximum atomic E-state index is 12.6. The second-order valence-electron chi connectivity index (χ2n) is 6.44. The third-order valence-electron chi connectivity index (χ3n) is 4.57. The van der Waals surface area contributed by atoms with Crippen molar-refractivity contribution in [2.75, 3.05) is 32.1 Å². The van der Waals surface area contributed by atoms with E-state index in [2.05, 4.69) is 5.32 Å². The van der Waals surface area contributed by atoms with Gasteiger partial charge in [0.2, 0.25) is 11.8 Å². The molecule has 1 aromatic rings. The molecular weight excluding hydrogens is 363 g/mol. The van der Waals surface area contributed by atoms with Gasteiger partial charge in [0.1, 0.15) is 12.3 Å². The Morgan fingerprint density at radius 1 is 1.41 bits per heavy atom. The fraction of sp³-hybridized carbons (Fsp3) is 0.556. The quantitative estimate of drug-likeness (QED) is 0.781. The number of likely N-dealkylation sites (N-methyl/N-ethyl adjacent to an activating group) is 1. The SMILES string of the molecule is CCOc1ccccc1NC(=O)C(C)N(C)C1CCN(CC(F)(F)F)C1=O. The summed E-state index contributed by atoms with van der Waals surface area (Å²) in [5.74, 6) is -0.451. The van der Waals surface area contributed by atoms with Crippen molar-refractivity contribution in [2.24, 2.45) is 0 Å². The molecule has 2 unspecified atom stereocenters. The highest BCUT2D eigenvalue weighted by molar-refractivity contribution is 5.96. The Bertz CT molecular complexity index is 681. The van der Waals surface area contributed by atoms with Crippen molar-refractivity contribution in [3.05, 3.63) is 24.3 Å². The van der Waals surface area contributed by atoms with Crippen LogP contribution < -0.4 is 10.1 Å². The molecule has 1 N–H and O–H groups in total. The van der Waals surface area contributed by atoms with Crippen LogP contribution in [0.4, 0.5) is 18.9 Å². The van der Waals surface area contributed by atoms with Crippen LogP contribution in [0.25, 0.3) is 0 Å². The molecule has 1 fully saturated rings. The van der Waals surface area contributed by atoms with Crippen molar-refractivity contribution in [3.63, 3.8) is 0 Å². The van der Waals surface area contributed by atoms with Crippen molar-refractivity contribution < 1.29 is 27.5 Å². The molecule has 0 aromatic heterocycles. The smallest absolute Gasteiger partial charge is 0.406 e. The number of likely N-dealkylation sites (tertiary alicyclic amines) is 1. The standard InChI is InChI=1S/C18H24F3N3O3/c1-4-27-15-8-6-5-7-13(15)22-16(25)12(2)23(3)14-9-10-24(17(14)26)11-18(19,20)21/h5-8,12,14H,4,9-11H2,1-3H3,(H,22,25). The van der Waals surface area contributed by atoms with E-state index in [1.807, 2.05) is 6.92 Å². The van der Waals surface area contributed by atoms with Crippen LogP contribution in [-0.4, -0.2) is 66.6 Å². The van der Waals surface area contributed by atoms with Crippen LogP contribution in [0.3, 0.4) is 0 Å². The van der Waals surface area contributed by atoms with Crippen molar-refractivity contribution in [2.45, 2.75) is 38.5 Å². The fourth-order valence-corrected chi connectivity index (χ4v) is 3.02. The molecule has 1 heterocycles. The van der Waals surface area contributed by atoms with Gasteiger partial charge in [-0.15, -0.1) is 0 Å². The van der Waals surface area contributed by atoms with Crippen LogP contribution in [0.1, 0.15) is 20.3 Å². The zero-order chi connectivity index (χ0) is 20.2. The van der Waals surface area contributed by atoms with Gasteiger partial charge in [-0.05, 0) is 39.4 Å². The van der Waals surface area contributed by atoms with E-state index in [1.165, 1.54) is 4.90 Å². The van der Waals surface area contributed by atoms with Gasteiger partial charge in [0.25, 0.3) is 0 Å². The number of benzene rings is 1. The number of alkyl halides is 3. The molecule has 0 aliphatic carbocycles. The maximum Gasteiger partial charge on any atom is 0.406 e. The van der Waals surface area contributed by atoms with E-state index < -0.39 is 30.7 Å². The zero-order valence-corrected chi connectivity index (χ0v) is 15.5. The highest BCUT2D eigenvalue weighted by Crippen LogP contribution is 2.26. The van der Waals surface area contributed by atoms with Gasteiger partial charge < -0.3 is 15.0 Å². The number of amides is 2. The van der Waals surface area contributed by atoms with E-state index in [9.17, 15) is 22.8 Å². The normalized spacial score (nSPS) is 18.7. The topological polar surface area (TPSA) is 61.9 Å². The Morgan fingerprint density at radius 3 is 2.70 bits per heavy atom. The predicted octanol–water partition coefficient (Wildman–Crippen LogP) is 2.51. The number of nitrogens with zero attached hydrogens (tertiary/aromatic N) is 2. The Labute approximate surface area is 156 Å². The van der Waals surface area contributed by atoms with Gasteiger partial charge in [0.15, 0.2) is 0 Å². The molecule has 1 saturated heterocycles. The van der Waals surface area contributed by atoms with Gasteiger partial charge in [-0.1, -0.05) is 12.1 Å². The molecule has 27 heavy (non-hydrogen) atoms. The Kier molecular flexibility index (Phi) is 6.69. The lowest BCUT2D eigenvalue weighted by Gasteiger charge is -2.29. The number of anilines is 1. The third kappa shape index (κ3) is 5.35. The molecule has 2 amide bonds. The molecule has 0 bridgehead atoms. The van der Waals surface area contributed by atoms with Gasteiger partial charge in [-0.2, -0.15) is 13.2 Å².